The standard InChI is InChI=1S/C18H22N4O2/c1-20(2)15-7-5-14(6-8-15)17(23)21-10-12-22(13-11-21)18(24)16-4-3-9-19-16/h3-9,19H,10-13H2,1-2H3. The number of piperazine rings is 1. The van der Waals surface area contributed by atoms with Crippen molar-refractivity contribution in [2.24, 2.45) is 0 Å². The van der Waals surface area contributed by atoms with Crippen LogP contribution in [0.5, 0.6) is 0 Å². The molecule has 3 rings (SSSR count). The minimum absolute atomic E-state index is 0.0116. The maximum atomic E-state index is 12.6. The van der Waals surface area contributed by atoms with E-state index in [0.29, 0.717) is 37.4 Å². The Hall–Kier alpha value is -2.76. The molecule has 0 aliphatic carbocycles. The van der Waals surface area contributed by atoms with Crippen LogP contribution in [0.4, 0.5) is 5.69 Å². The van der Waals surface area contributed by atoms with Gasteiger partial charge in [-0.2, -0.15) is 0 Å². The van der Waals surface area contributed by atoms with Crippen LogP contribution in [0.3, 0.4) is 0 Å². The Morgan fingerprint density at radius 2 is 1.50 bits per heavy atom. The van der Waals surface area contributed by atoms with Crippen LogP contribution in [0, 0.1) is 0 Å². The molecule has 24 heavy (non-hydrogen) atoms. The summed E-state index contributed by atoms with van der Waals surface area (Å²) in [7, 11) is 3.94. The second-order valence-corrected chi connectivity index (χ2v) is 6.11. The molecule has 2 heterocycles. The highest BCUT2D eigenvalue weighted by molar-refractivity contribution is 5.95. The maximum absolute atomic E-state index is 12.6. The average Bonchev–Trinajstić information content (AvgIpc) is 3.15. The molecule has 6 heteroatoms. The largest absolute Gasteiger partial charge is 0.378 e. The predicted molar refractivity (Wildman–Crippen MR) is 93.4 cm³/mol. The summed E-state index contributed by atoms with van der Waals surface area (Å²) in [6, 6.07) is 11.2. The lowest BCUT2D eigenvalue weighted by Crippen LogP contribution is -2.50. The Kier molecular flexibility index (Phi) is 4.55. The van der Waals surface area contributed by atoms with E-state index in [4.69, 9.17) is 0 Å². The van der Waals surface area contributed by atoms with Crippen molar-refractivity contribution in [3.63, 3.8) is 0 Å². The van der Waals surface area contributed by atoms with Crippen LogP contribution < -0.4 is 4.90 Å². The zero-order chi connectivity index (χ0) is 17.1. The summed E-state index contributed by atoms with van der Waals surface area (Å²) in [5, 5.41) is 0. The minimum atomic E-state index is -0.0116. The lowest BCUT2D eigenvalue weighted by atomic mass is 10.1. The van der Waals surface area contributed by atoms with E-state index in [0.717, 1.165) is 5.69 Å². The van der Waals surface area contributed by atoms with Gasteiger partial charge in [-0.05, 0) is 36.4 Å². The molecular weight excluding hydrogens is 304 g/mol. The molecular formula is C18H22N4O2. The first-order valence-corrected chi connectivity index (χ1v) is 8.05. The van der Waals surface area contributed by atoms with Gasteiger partial charge in [0, 0.05) is 57.7 Å². The summed E-state index contributed by atoms with van der Waals surface area (Å²) in [5.74, 6) is 0.00899. The molecule has 1 aliphatic heterocycles. The smallest absolute Gasteiger partial charge is 0.270 e. The van der Waals surface area contributed by atoms with Crippen molar-refractivity contribution >= 4 is 17.5 Å². The molecule has 2 amide bonds. The number of amides is 2. The Morgan fingerprint density at radius 1 is 0.917 bits per heavy atom. The van der Waals surface area contributed by atoms with Crippen LogP contribution in [0.1, 0.15) is 20.8 Å². The summed E-state index contributed by atoms with van der Waals surface area (Å²) >= 11 is 0. The molecule has 1 aliphatic rings. The Balaban J connectivity index is 1.60. The first-order chi connectivity index (χ1) is 11.6. The van der Waals surface area contributed by atoms with Gasteiger partial charge in [-0.25, -0.2) is 0 Å². The van der Waals surface area contributed by atoms with E-state index in [2.05, 4.69) is 4.98 Å². The number of aromatic nitrogens is 1. The molecule has 0 spiro atoms. The zero-order valence-corrected chi connectivity index (χ0v) is 14.0. The highest BCUT2D eigenvalue weighted by atomic mass is 16.2. The van der Waals surface area contributed by atoms with Gasteiger partial charge in [-0.1, -0.05) is 0 Å². The molecule has 1 aromatic heterocycles. The summed E-state index contributed by atoms with van der Waals surface area (Å²) in [4.78, 5) is 33.4. The molecule has 6 nitrogen and oxygen atoms in total. The first kappa shape index (κ1) is 16.1. The number of anilines is 1. The van der Waals surface area contributed by atoms with Gasteiger partial charge >= 0.3 is 0 Å². The molecule has 1 aromatic carbocycles. The number of carbonyl (C=O) groups excluding carboxylic acids is 2. The van der Waals surface area contributed by atoms with Crippen molar-refractivity contribution in [3.8, 4) is 0 Å². The fraction of sp³-hybridized carbons (Fsp3) is 0.333. The third-order valence-electron chi connectivity index (χ3n) is 4.31. The number of nitrogens with one attached hydrogen (secondary N) is 1. The third-order valence-corrected chi connectivity index (χ3v) is 4.31. The van der Waals surface area contributed by atoms with Gasteiger partial charge in [0.25, 0.3) is 11.8 Å². The quantitative estimate of drug-likeness (QED) is 0.933. The molecule has 0 unspecified atom stereocenters. The van der Waals surface area contributed by atoms with Crippen LogP contribution >= 0.6 is 0 Å². The number of carbonyl (C=O) groups is 2. The summed E-state index contributed by atoms with van der Waals surface area (Å²) in [5.41, 5.74) is 2.34. The van der Waals surface area contributed by atoms with Crippen LogP contribution in [0.15, 0.2) is 42.6 Å². The second-order valence-electron chi connectivity index (χ2n) is 6.11. The van der Waals surface area contributed by atoms with Gasteiger partial charge in [0.1, 0.15) is 5.69 Å². The number of H-pyrrole nitrogens is 1. The summed E-state index contributed by atoms with van der Waals surface area (Å²) < 4.78 is 0. The van der Waals surface area contributed by atoms with Crippen molar-refractivity contribution in [3.05, 3.63) is 53.9 Å². The maximum Gasteiger partial charge on any atom is 0.270 e. The number of hydrogen-bond acceptors (Lipinski definition) is 3. The molecule has 2 aromatic rings. The molecule has 0 saturated carbocycles. The van der Waals surface area contributed by atoms with Gasteiger partial charge in [0.2, 0.25) is 0 Å². The Labute approximate surface area is 141 Å². The number of nitrogens with zero attached hydrogens (tertiary/aromatic N) is 3. The van der Waals surface area contributed by atoms with Crippen molar-refractivity contribution in [1.29, 1.82) is 0 Å². The molecule has 0 radical (unpaired) electrons. The van der Waals surface area contributed by atoms with Crippen LogP contribution in [0.25, 0.3) is 0 Å². The van der Waals surface area contributed by atoms with E-state index in [1.807, 2.05) is 54.2 Å². The summed E-state index contributed by atoms with van der Waals surface area (Å²) in [6.07, 6.45) is 1.74. The fourth-order valence-corrected chi connectivity index (χ4v) is 2.83. The first-order valence-electron chi connectivity index (χ1n) is 8.05. The van der Waals surface area contributed by atoms with E-state index in [1.54, 1.807) is 17.2 Å². The molecule has 1 saturated heterocycles. The molecule has 0 atom stereocenters. The van der Waals surface area contributed by atoms with Gasteiger partial charge in [-0.3, -0.25) is 9.59 Å². The van der Waals surface area contributed by atoms with Gasteiger partial charge < -0.3 is 19.7 Å². The van der Waals surface area contributed by atoms with Gasteiger partial charge in [-0.15, -0.1) is 0 Å². The van der Waals surface area contributed by atoms with E-state index in [-0.39, 0.29) is 11.8 Å². The van der Waals surface area contributed by atoms with E-state index < -0.39 is 0 Å². The topological polar surface area (TPSA) is 59.7 Å². The van der Waals surface area contributed by atoms with Crippen molar-refractivity contribution in [1.82, 2.24) is 14.8 Å². The Bertz CT molecular complexity index is 699. The van der Waals surface area contributed by atoms with Crippen LogP contribution in [-0.2, 0) is 0 Å². The van der Waals surface area contributed by atoms with E-state index in [1.165, 1.54) is 0 Å². The number of rotatable bonds is 3. The van der Waals surface area contributed by atoms with Crippen molar-refractivity contribution in [2.75, 3.05) is 45.2 Å². The van der Waals surface area contributed by atoms with E-state index >= 15 is 0 Å². The second kappa shape index (κ2) is 6.78. The normalized spacial score (nSPS) is 14.6. The minimum Gasteiger partial charge on any atom is -0.378 e. The predicted octanol–water partition coefficient (Wildman–Crippen LogP) is 1.68. The molecule has 126 valence electrons. The lowest BCUT2D eigenvalue weighted by Gasteiger charge is -2.34. The third kappa shape index (κ3) is 3.27. The lowest BCUT2D eigenvalue weighted by molar-refractivity contribution is 0.0532. The molecule has 1 fully saturated rings. The highest BCUT2D eigenvalue weighted by Gasteiger charge is 2.25. The molecule has 0 bridgehead atoms. The van der Waals surface area contributed by atoms with Crippen LogP contribution in [-0.4, -0.2) is 66.9 Å². The fourth-order valence-electron chi connectivity index (χ4n) is 2.83. The average molecular weight is 326 g/mol. The summed E-state index contributed by atoms with van der Waals surface area (Å²) in [6.45, 7) is 2.22. The highest BCUT2D eigenvalue weighted by Crippen LogP contribution is 2.15. The van der Waals surface area contributed by atoms with E-state index in [9.17, 15) is 9.59 Å². The monoisotopic (exact) mass is 326 g/mol. The number of benzene rings is 1. The number of aromatic amines is 1. The van der Waals surface area contributed by atoms with Crippen molar-refractivity contribution < 1.29 is 9.59 Å². The van der Waals surface area contributed by atoms with Gasteiger partial charge in [0.15, 0.2) is 0 Å². The molecule has 1 N–H and O–H groups in total. The van der Waals surface area contributed by atoms with Crippen LogP contribution in [0.2, 0.25) is 0 Å². The van der Waals surface area contributed by atoms with Crippen molar-refractivity contribution in [2.45, 2.75) is 0 Å². The number of hydrogen-bond donors (Lipinski definition) is 1. The Morgan fingerprint density at radius 3 is 2.00 bits per heavy atom. The SMILES string of the molecule is CN(C)c1ccc(C(=O)N2CCN(C(=O)c3ccc[nH]3)CC2)cc1. The van der Waals surface area contributed by atoms with Gasteiger partial charge in [0.05, 0.1) is 0 Å². The zero-order valence-electron chi connectivity index (χ0n) is 14.0.